The second kappa shape index (κ2) is 4.65. The van der Waals surface area contributed by atoms with E-state index in [0.717, 1.165) is 16.7 Å². The van der Waals surface area contributed by atoms with E-state index >= 15 is 0 Å². The summed E-state index contributed by atoms with van der Waals surface area (Å²) in [7, 11) is 0. The van der Waals surface area contributed by atoms with Gasteiger partial charge < -0.3 is 4.42 Å². The Morgan fingerprint density at radius 3 is 2.72 bits per heavy atom. The maximum atomic E-state index is 11.7. The molecule has 1 aliphatic rings. The molecule has 0 bridgehead atoms. The molecule has 8 heteroatoms. The maximum absolute atomic E-state index is 11.7. The summed E-state index contributed by atoms with van der Waals surface area (Å²) in [5.74, 6) is -0.647. The van der Waals surface area contributed by atoms with Crippen molar-refractivity contribution in [2.75, 3.05) is 6.54 Å². The van der Waals surface area contributed by atoms with E-state index in [1.165, 1.54) is 18.2 Å². The van der Waals surface area contributed by atoms with Crippen molar-refractivity contribution >= 4 is 34.9 Å². The van der Waals surface area contributed by atoms with Gasteiger partial charge in [0.1, 0.15) is 10.7 Å². The van der Waals surface area contributed by atoms with E-state index in [1.54, 1.807) is 6.92 Å². The molecule has 1 aliphatic heterocycles. The molecular weight excluding hydrogens is 260 g/mol. The Hall–Kier alpha value is -2.09. The second-order valence-electron chi connectivity index (χ2n) is 3.36. The molecule has 2 rings (SSSR count). The standard InChI is InChI=1S/C10H8N2O5S/c1-2-11-9(13)7(18-10(11)14)5-6-3-4-8(17-6)12(15)16/h3-5H,2H2,1H3. The number of amides is 2. The van der Waals surface area contributed by atoms with Gasteiger partial charge in [-0.1, -0.05) is 0 Å². The quantitative estimate of drug-likeness (QED) is 0.474. The number of carbonyl (C=O) groups is 2. The normalized spacial score (nSPS) is 17.8. The second-order valence-corrected chi connectivity index (χ2v) is 4.35. The summed E-state index contributed by atoms with van der Waals surface area (Å²) < 4.78 is 4.89. The number of likely N-dealkylation sites (N-methyl/N-ethyl adjacent to an activating group) is 1. The van der Waals surface area contributed by atoms with E-state index in [0.29, 0.717) is 6.54 Å². The van der Waals surface area contributed by atoms with Crippen molar-refractivity contribution < 1.29 is 18.9 Å². The highest BCUT2D eigenvalue weighted by Crippen LogP contribution is 2.32. The van der Waals surface area contributed by atoms with Gasteiger partial charge in [-0.2, -0.15) is 0 Å². The molecular formula is C10H8N2O5S. The molecule has 18 heavy (non-hydrogen) atoms. The van der Waals surface area contributed by atoms with E-state index in [9.17, 15) is 19.7 Å². The number of thioether (sulfide) groups is 1. The number of carbonyl (C=O) groups excluding carboxylic acids is 2. The lowest BCUT2D eigenvalue weighted by Crippen LogP contribution is -2.27. The largest absolute Gasteiger partial charge is 0.433 e. The molecule has 1 saturated heterocycles. The van der Waals surface area contributed by atoms with E-state index < -0.39 is 16.7 Å². The van der Waals surface area contributed by atoms with Gasteiger partial charge in [0.25, 0.3) is 11.1 Å². The van der Waals surface area contributed by atoms with Gasteiger partial charge in [-0.15, -0.1) is 0 Å². The molecule has 94 valence electrons. The molecule has 1 aromatic heterocycles. The highest BCUT2D eigenvalue weighted by atomic mass is 32.2. The first-order valence-corrected chi connectivity index (χ1v) is 5.84. The van der Waals surface area contributed by atoms with Gasteiger partial charge in [-0.25, -0.2) is 0 Å². The fourth-order valence-electron chi connectivity index (χ4n) is 1.42. The monoisotopic (exact) mass is 268 g/mol. The molecule has 0 aliphatic carbocycles. The zero-order valence-corrected chi connectivity index (χ0v) is 10.1. The number of nitro groups is 1. The van der Waals surface area contributed by atoms with E-state index in [1.807, 2.05) is 0 Å². The maximum Gasteiger partial charge on any atom is 0.433 e. The molecule has 7 nitrogen and oxygen atoms in total. The Labute approximate surface area is 106 Å². The lowest BCUT2D eigenvalue weighted by Gasteiger charge is -2.06. The van der Waals surface area contributed by atoms with Crippen molar-refractivity contribution in [1.82, 2.24) is 4.90 Å². The minimum absolute atomic E-state index is 0.170. The van der Waals surface area contributed by atoms with Crippen LogP contribution < -0.4 is 0 Å². The zero-order valence-electron chi connectivity index (χ0n) is 9.28. The van der Waals surface area contributed by atoms with E-state index in [-0.39, 0.29) is 15.9 Å². The van der Waals surface area contributed by atoms with Crippen molar-refractivity contribution in [2.24, 2.45) is 0 Å². The number of rotatable bonds is 3. The Morgan fingerprint density at radius 2 is 2.22 bits per heavy atom. The lowest BCUT2D eigenvalue weighted by atomic mass is 10.3. The van der Waals surface area contributed by atoms with Gasteiger partial charge in [0.2, 0.25) is 0 Å². The smallest absolute Gasteiger partial charge is 0.401 e. The van der Waals surface area contributed by atoms with Crippen LogP contribution >= 0.6 is 11.8 Å². The molecule has 2 amide bonds. The van der Waals surface area contributed by atoms with Crippen molar-refractivity contribution in [3.05, 3.63) is 32.9 Å². The fourth-order valence-corrected chi connectivity index (χ4v) is 2.30. The van der Waals surface area contributed by atoms with Crippen LogP contribution in [-0.2, 0) is 4.79 Å². The lowest BCUT2D eigenvalue weighted by molar-refractivity contribution is -0.402. The van der Waals surface area contributed by atoms with Crippen LogP contribution in [0.4, 0.5) is 10.7 Å². The average molecular weight is 268 g/mol. The fraction of sp³-hybridized carbons (Fsp3) is 0.200. The zero-order chi connectivity index (χ0) is 13.3. The molecule has 0 spiro atoms. The number of furan rings is 1. The highest BCUT2D eigenvalue weighted by molar-refractivity contribution is 8.18. The Balaban J connectivity index is 2.26. The SMILES string of the molecule is CCN1C(=O)SC(=Cc2ccc([N+](=O)[O-])o2)C1=O. The van der Waals surface area contributed by atoms with Crippen molar-refractivity contribution in [2.45, 2.75) is 6.92 Å². The molecule has 0 saturated carbocycles. The summed E-state index contributed by atoms with van der Waals surface area (Å²) in [6, 6.07) is 2.56. The van der Waals surface area contributed by atoms with Crippen LogP contribution in [0.15, 0.2) is 21.5 Å². The number of hydrogen-bond donors (Lipinski definition) is 0. The van der Waals surface area contributed by atoms with Crippen LogP contribution in [0, 0.1) is 10.1 Å². The molecule has 0 unspecified atom stereocenters. The predicted molar refractivity (Wildman–Crippen MR) is 63.7 cm³/mol. The van der Waals surface area contributed by atoms with Gasteiger partial charge in [0.05, 0.1) is 11.0 Å². The average Bonchev–Trinajstić information content (AvgIpc) is 2.86. The Morgan fingerprint density at radius 1 is 1.50 bits per heavy atom. The third-order valence-corrected chi connectivity index (χ3v) is 3.16. The van der Waals surface area contributed by atoms with Crippen LogP contribution in [0.1, 0.15) is 12.7 Å². The van der Waals surface area contributed by atoms with E-state index in [4.69, 9.17) is 4.42 Å². The Kier molecular flexibility index (Phi) is 3.19. The van der Waals surface area contributed by atoms with Crippen LogP contribution in [0.25, 0.3) is 6.08 Å². The number of nitrogens with zero attached hydrogens (tertiary/aromatic N) is 2. The molecule has 0 N–H and O–H groups in total. The Bertz CT molecular complexity index is 562. The van der Waals surface area contributed by atoms with Crippen molar-refractivity contribution in [3.63, 3.8) is 0 Å². The van der Waals surface area contributed by atoms with Crippen LogP contribution in [0.5, 0.6) is 0 Å². The number of imide groups is 1. The summed E-state index contributed by atoms with van der Waals surface area (Å²) in [4.78, 5) is 34.2. The molecule has 0 radical (unpaired) electrons. The highest BCUT2D eigenvalue weighted by Gasteiger charge is 2.34. The third kappa shape index (κ3) is 2.14. The van der Waals surface area contributed by atoms with E-state index in [2.05, 4.69) is 0 Å². The molecule has 0 aromatic carbocycles. The van der Waals surface area contributed by atoms with Gasteiger partial charge in [0, 0.05) is 12.6 Å². The topological polar surface area (TPSA) is 93.7 Å². The first kappa shape index (κ1) is 12.4. The van der Waals surface area contributed by atoms with Gasteiger partial charge >= 0.3 is 5.88 Å². The minimum atomic E-state index is -0.672. The van der Waals surface area contributed by atoms with Gasteiger partial charge in [0.15, 0.2) is 0 Å². The summed E-state index contributed by atoms with van der Waals surface area (Å²) in [5, 5.41) is 10.1. The van der Waals surface area contributed by atoms with Gasteiger partial charge in [-0.05, 0) is 24.8 Å². The third-order valence-electron chi connectivity index (χ3n) is 2.26. The number of hydrogen-bond acceptors (Lipinski definition) is 6. The van der Waals surface area contributed by atoms with Crippen molar-refractivity contribution in [1.29, 1.82) is 0 Å². The van der Waals surface area contributed by atoms with Crippen LogP contribution in [0.3, 0.4) is 0 Å². The van der Waals surface area contributed by atoms with Crippen molar-refractivity contribution in [3.8, 4) is 0 Å². The van der Waals surface area contributed by atoms with Crippen LogP contribution in [-0.4, -0.2) is 27.5 Å². The van der Waals surface area contributed by atoms with Crippen LogP contribution in [0.2, 0.25) is 0 Å². The summed E-state index contributed by atoms with van der Waals surface area (Å²) >= 11 is 0.788. The minimum Gasteiger partial charge on any atom is -0.401 e. The molecule has 0 atom stereocenters. The first-order chi connectivity index (χ1) is 8.52. The van der Waals surface area contributed by atoms with Gasteiger partial charge in [-0.3, -0.25) is 24.6 Å². The molecule has 1 aromatic rings. The summed E-state index contributed by atoms with van der Waals surface area (Å²) in [6.07, 6.45) is 1.33. The predicted octanol–water partition coefficient (Wildman–Crippen LogP) is 2.24. The first-order valence-electron chi connectivity index (χ1n) is 5.02. The summed E-state index contributed by atoms with van der Waals surface area (Å²) in [6.45, 7) is 1.98. The molecule has 1 fully saturated rings. The molecule has 2 heterocycles. The summed E-state index contributed by atoms with van der Waals surface area (Å²) in [5.41, 5.74) is 0.